The third kappa shape index (κ3) is 6.71. The number of nitrogens with zero attached hydrogens (tertiary/aromatic N) is 4. The average molecular weight is 508 g/mol. The Bertz CT molecular complexity index is 1180. The third-order valence-electron chi connectivity index (χ3n) is 7.57. The Morgan fingerprint density at radius 2 is 1.83 bits per heavy atom. The van der Waals surface area contributed by atoms with E-state index in [1.165, 1.54) is 41.7 Å². The van der Waals surface area contributed by atoms with Gasteiger partial charge >= 0.3 is 0 Å². The molecule has 0 spiro atoms. The summed E-state index contributed by atoms with van der Waals surface area (Å²) in [5.41, 5.74) is 3.19. The van der Waals surface area contributed by atoms with Gasteiger partial charge in [-0.1, -0.05) is 31.9 Å². The summed E-state index contributed by atoms with van der Waals surface area (Å²) in [5, 5.41) is 12.1. The maximum Gasteiger partial charge on any atom is 0.244 e. The van der Waals surface area contributed by atoms with Crippen LogP contribution in [0.4, 0.5) is 5.82 Å². The van der Waals surface area contributed by atoms with Gasteiger partial charge in [0.2, 0.25) is 10.0 Å². The van der Waals surface area contributed by atoms with Crippen molar-refractivity contribution in [3.05, 3.63) is 53.7 Å². The standard InChI is InChI=1S/C16H24N4O2S.C12H13N/c1-17-13-8-10-20(11-9-13)23(21,22)15-6-7-16(18-12-15)19-14-4-2-3-5-14;1-9(11-5-6-11)12-4-2-3-10(7-12)8-13/h6-7,12,14H,2-5,8-11H2,1H3,(H,18,19);2-4,7,9,11H,5-6H2,1H3. The van der Waals surface area contributed by atoms with Gasteiger partial charge in [0, 0.05) is 38.1 Å². The maximum atomic E-state index is 12.7. The molecule has 2 aliphatic carbocycles. The van der Waals surface area contributed by atoms with E-state index in [4.69, 9.17) is 5.26 Å². The van der Waals surface area contributed by atoms with Crippen LogP contribution in [0.3, 0.4) is 0 Å². The second-order valence-corrected chi connectivity index (χ2v) is 12.0. The first-order chi connectivity index (χ1) is 17.4. The summed E-state index contributed by atoms with van der Waals surface area (Å²) >= 11 is 0. The molecule has 1 saturated heterocycles. The highest BCUT2D eigenvalue weighted by atomic mass is 32.2. The van der Waals surface area contributed by atoms with Crippen molar-refractivity contribution >= 4 is 21.6 Å². The van der Waals surface area contributed by atoms with Crippen LogP contribution in [0.5, 0.6) is 0 Å². The summed E-state index contributed by atoms with van der Waals surface area (Å²) in [6.07, 6.45) is 10.4. The quantitative estimate of drug-likeness (QED) is 0.567. The number of pyridine rings is 1. The molecule has 3 fully saturated rings. The highest BCUT2D eigenvalue weighted by Gasteiger charge is 2.29. The number of hydrogen-bond donors (Lipinski definition) is 1. The van der Waals surface area contributed by atoms with E-state index in [1.54, 1.807) is 19.2 Å². The van der Waals surface area contributed by atoms with E-state index in [0.717, 1.165) is 35.9 Å². The number of benzene rings is 1. The third-order valence-corrected chi connectivity index (χ3v) is 9.45. The van der Waals surface area contributed by atoms with Gasteiger partial charge in [0.15, 0.2) is 0 Å². The Hall–Kier alpha value is -2.76. The molecule has 1 atom stereocenters. The maximum absolute atomic E-state index is 12.7. The first-order valence-electron chi connectivity index (χ1n) is 13.1. The molecular formula is C28H37N5O2S. The zero-order valence-corrected chi connectivity index (χ0v) is 22.2. The van der Waals surface area contributed by atoms with Crippen molar-refractivity contribution in [3.8, 4) is 6.07 Å². The van der Waals surface area contributed by atoms with E-state index in [2.05, 4.69) is 34.4 Å². The van der Waals surface area contributed by atoms with E-state index in [1.807, 2.05) is 18.2 Å². The van der Waals surface area contributed by atoms with E-state index >= 15 is 0 Å². The number of piperidine rings is 1. The van der Waals surface area contributed by atoms with Crippen molar-refractivity contribution in [2.24, 2.45) is 10.9 Å². The van der Waals surface area contributed by atoms with E-state index < -0.39 is 10.0 Å². The molecule has 8 heteroatoms. The van der Waals surface area contributed by atoms with Crippen LogP contribution in [-0.2, 0) is 10.0 Å². The molecule has 7 nitrogen and oxygen atoms in total. The monoisotopic (exact) mass is 507 g/mol. The van der Waals surface area contributed by atoms with Gasteiger partial charge in [-0.3, -0.25) is 4.99 Å². The smallest absolute Gasteiger partial charge is 0.244 e. The SMILES string of the molecule is CC(c1cccc(C#N)c1)C1CC1.CN=C1CCN(S(=O)(=O)c2ccc(NC3CCCC3)nc2)CC1. The molecule has 0 bridgehead atoms. The fraction of sp³-hybridized carbons (Fsp3) is 0.536. The van der Waals surface area contributed by atoms with E-state index in [0.29, 0.717) is 37.9 Å². The predicted octanol–water partition coefficient (Wildman–Crippen LogP) is 5.36. The van der Waals surface area contributed by atoms with Crippen molar-refractivity contribution in [1.82, 2.24) is 9.29 Å². The van der Waals surface area contributed by atoms with Crippen LogP contribution in [-0.4, -0.2) is 49.6 Å². The first kappa shape index (κ1) is 26.3. The predicted molar refractivity (Wildman–Crippen MR) is 144 cm³/mol. The Balaban J connectivity index is 0.000000197. The topological polar surface area (TPSA) is 98.5 Å². The number of nitrogens with one attached hydrogen (secondary N) is 1. The van der Waals surface area contributed by atoms with Gasteiger partial charge in [0.05, 0.1) is 11.6 Å². The lowest BCUT2D eigenvalue weighted by atomic mass is 9.95. The number of hydrogen-bond acceptors (Lipinski definition) is 6. The van der Waals surface area contributed by atoms with Gasteiger partial charge in [-0.15, -0.1) is 0 Å². The molecule has 1 aliphatic heterocycles. The molecule has 1 aromatic carbocycles. The van der Waals surface area contributed by atoms with Crippen molar-refractivity contribution in [1.29, 1.82) is 5.26 Å². The Labute approximate surface area is 215 Å². The normalized spacial score (nSPS) is 19.6. The van der Waals surface area contributed by atoms with Crippen molar-refractivity contribution in [2.45, 2.75) is 75.1 Å². The number of anilines is 1. The lowest BCUT2D eigenvalue weighted by Gasteiger charge is -2.26. The van der Waals surface area contributed by atoms with E-state index in [-0.39, 0.29) is 4.90 Å². The highest BCUT2D eigenvalue weighted by molar-refractivity contribution is 7.89. The largest absolute Gasteiger partial charge is 0.367 e. The van der Waals surface area contributed by atoms with Crippen molar-refractivity contribution < 1.29 is 8.42 Å². The first-order valence-corrected chi connectivity index (χ1v) is 14.5. The Morgan fingerprint density at radius 3 is 2.42 bits per heavy atom. The van der Waals surface area contributed by atoms with Crippen LogP contribution in [0.1, 0.15) is 75.3 Å². The molecule has 1 aromatic heterocycles. The molecule has 1 unspecified atom stereocenters. The van der Waals surface area contributed by atoms with Gasteiger partial charge in [-0.25, -0.2) is 13.4 Å². The number of nitriles is 1. The minimum Gasteiger partial charge on any atom is -0.367 e. The number of rotatable bonds is 6. The second-order valence-electron chi connectivity index (χ2n) is 10.1. The molecular weight excluding hydrogens is 470 g/mol. The highest BCUT2D eigenvalue weighted by Crippen LogP contribution is 2.42. The average Bonchev–Trinajstić information content (AvgIpc) is 3.65. The summed E-state index contributed by atoms with van der Waals surface area (Å²) in [6, 6.07) is 14.1. The van der Waals surface area contributed by atoms with Crippen LogP contribution in [0.15, 0.2) is 52.5 Å². The molecule has 192 valence electrons. The second kappa shape index (κ2) is 12.0. The van der Waals surface area contributed by atoms with Crippen LogP contribution in [0.25, 0.3) is 0 Å². The lowest BCUT2D eigenvalue weighted by Crippen LogP contribution is -2.38. The Kier molecular flexibility index (Phi) is 8.76. The molecule has 1 N–H and O–H groups in total. The number of aliphatic imine (C=N–C) groups is 1. The Morgan fingerprint density at radius 1 is 1.11 bits per heavy atom. The molecule has 5 rings (SSSR count). The summed E-state index contributed by atoms with van der Waals surface area (Å²) < 4.78 is 26.9. The fourth-order valence-electron chi connectivity index (χ4n) is 5.01. The summed E-state index contributed by atoms with van der Waals surface area (Å²) in [4.78, 5) is 8.74. The van der Waals surface area contributed by atoms with Crippen molar-refractivity contribution in [2.75, 3.05) is 25.5 Å². The molecule has 3 aliphatic rings. The summed E-state index contributed by atoms with van der Waals surface area (Å²) in [5.74, 6) is 2.26. The lowest BCUT2D eigenvalue weighted by molar-refractivity contribution is 0.411. The fourth-order valence-corrected chi connectivity index (χ4v) is 6.40. The van der Waals surface area contributed by atoms with Crippen LogP contribution >= 0.6 is 0 Å². The molecule has 2 saturated carbocycles. The minimum absolute atomic E-state index is 0.270. The molecule has 36 heavy (non-hydrogen) atoms. The molecule has 2 heterocycles. The summed E-state index contributed by atoms with van der Waals surface area (Å²) in [7, 11) is -1.69. The molecule has 2 aromatic rings. The number of aromatic nitrogens is 1. The molecule has 0 amide bonds. The van der Waals surface area contributed by atoms with E-state index in [9.17, 15) is 8.42 Å². The van der Waals surface area contributed by atoms with Gasteiger partial charge in [0.1, 0.15) is 10.7 Å². The van der Waals surface area contributed by atoms with Crippen LogP contribution in [0, 0.1) is 17.2 Å². The zero-order chi connectivity index (χ0) is 25.5. The van der Waals surface area contributed by atoms with Gasteiger partial charge in [-0.05, 0) is 80.2 Å². The number of sulfonamides is 1. The van der Waals surface area contributed by atoms with Gasteiger partial charge in [0.25, 0.3) is 0 Å². The zero-order valence-electron chi connectivity index (χ0n) is 21.4. The molecule has 0 radical (unpaired) electrons. The van der Waals surface area contributed by atoms with Crippen molar-refractivity contribution in [3.63, 3.8) is 0 Å². The summed E-state index contributed by atoms with van der Waals surface area (Å²) in [6.45, 7) is 3.25. The van der Waals surface area contributed by atoms with Gasteiger partial charge in [-0.2, -0.15) is 9.57 Å². The van der Waals surface area contributed by atoms with Crippen LogP contribution < -0.4 is 5.32 Å². The minimum atomic E-state index is -3.45. The van der Waals surface area contributed by atoms with Crippen LogP contribution in [0.2, 0.25) is 0 Å². The van der Waals surface area contributed by atoms with Gasteiger partial charge < -0.3 is 5.32 Å².